The SMILES string of the molecule is COC1CC(Nc2ccnc(N)c2)C1(C)C. The van der Waals surface area contributed by atoms with E-state index in [9.17, 15) is 0 Å². The minimum atomic E-state index is 0.160. The number of anilines is 2. The van der Waals surface area contributed by atoms with Crippen molar-refractivity contribution in [3.63, 3.8) is 0 Å². The smallest absolute Gasteiger partial charge is 0.125 e. The van der Waals surface area contributed by atoms with Crippen molar-refractivity contribution >= 4 is 11.5 Å². The third-order valence-corrected chi connectivity index (χ3v) is 3.58. The maximum absolute atomic E-state index is 5.64. The first-order chi connectivity index (χ1) is 7.54. The van der Waals surface area contributed by atoms with Crippen molar-refractivity contribution in [3.8, 4) is 0 Å². The second-order valence-electron chi connectivity index (χ2n) is 4.95. The van der Waals surface area contributed by atoms with E-state index in [4.69, 9.17) is 10.5 Å². The van der Waals surface area contributed by atoms with Gasteiger partial charge < -0.3 is 15.8 Å². The number of methoxy groups -OCH3 is 1. The van der Waals surface area contributed by atoms with Crippen molar-refractivity contribution in [2.24, 2.45) is 5.41 Å². The zero-order valence-electron chi connectivity index (χ0n) is 10.0. The summed E-state index contributed by atoms with van der Waals surface area (Å²) in [5.41, 5.74) is 6.83. The lowest BCUT2D eigenvalue weighted by molar-refractivity contribution is -0.0794. The Morgan fingerprint density at radius 3 is 2.88 bits per heavy atom. The Kier molecular flexibility index (Phi) is 2.76. The molecule has 16 heavy (non-hydrogen) atoms. The molecule has 0 spiro atoms. The zero-order chi connectivity index (χ0) is 11.8. The van der Waals surface area contributed by atoms with E-state index < -0.39 is 0 Å². The molecule has 0 bridgehead atoms. The first-order valence-electron chi connectivity index (χ1n) is 5.55. The molecule has 0 amide bonds. The number of nitrogen functional groups attached to an aromatic ring is 1. The topological polar surface area (TPSA) is 60.2 Å². The largest absolute Gasteiger partial charge is 0.384 e. The summed E-state index contributed by atoms with van der Waals surface area (Å²) in [5, 5.41) is 3.47. The molecule has 3 N–H and O–H groups in total. The third-order valence-electron chi connectivity index (χ3n) is 3.58. The van der Waals surface area contributed by atoms with Crippen molar-refractivity contribution in [2.45, 2.75) is 32.4 Å². The predicted octanol–water partition coefficient (Wildman–Crippen LogP) is 1.89. The average molecular weight is 221 g/mol. The quantitative estimate of drug-likeness (QED) is 0.818. The summed E-state index contributed by atoms with van der Waals surface area (Å²) < 4.78 is 5.42. The first kappa shape index (κ1) is 11.2. The normalized spacial score (nSPS) is 27.2. The minimum absolute atomic E-state index is 0.160. The third kappa shape index (κ3) is 1.85. The van der Waals surface area contributed by atoms with Gasteiger partial charge in [-0.2, -0.15) is 0 Å². The highest BCUT2D eigenvalue weighted by atomic mass is 16.5. The fourth-order valence-corrected chi connectivity index (χ4v) is 2.27. The van der Waals surface area contributed by atoms with Crippen LogP contribution in [0, 0.1) is 5.41 Å². The summed E-state index contributed by atoms with van der Waals surface area (Å²) in [6.45, 7) is 4.43. The number of ether oxygens (including phenoxy) is 1. The fourth-order valence-electron chi connectivity index (χ4n) is 2.27. The number of rotatable bonds is 3. The van der Waals surface area contributed by atoms with Gasteiger partial charge in [0.2, 0.25) is 0 Å². The molecule has 1 aromatic heterocycles. The molecule has 2 rings (SSSR count). The van der Waals surface area contributed by atoms with Gasteiger partial charge in [-0.3, -0.25) is 0 Å². The molecule has 4 nitrogen and oxygen atoms in total. The van der Waals surface area contributed by atoms with Gasteiger partial charge in [0.1, 0.15) is 5.82 Å². The molecule has 1 aliphatic carbocycles. The van der Waals surface area contributed by atoms with E-state index in [0.717, 1.165) is 12.1 Å². The molecule has 1 saturated carbocycles. The van der Waals surface area contributed by atoms with Crippen molar-refractivity contribution < 1.29 is 4.74 Å². The Morgan fingerprint density at radius 1 is 1.56 bits per heavy atom. The minimum Gasteiger partial charge on any atom is -0.384 e. The monoisotopic (exact) mass is 221 g/mol. The zero-order valence-corrected chi connectivity index (χ0v) is 10.0. The average Bonchev–Trinajstić information content (AvgIpc) is 2.23. The summed E-state index contributed by atoms with van der Waals surface area (Å²) in [7, 11) is 1.77. The molecular formula is C12H19N3O. The maximum atomic E-state index is 5.64. The van der Waals surface area contributed by atoms with E-state index >= 15 is 0 Å². The van der Waals surface area contributed by atoms with Gasteiger partial charge >= 0.3 is 0 Å². The highest BCUT2D eigenvalue weighted by molar-refractivity contribution is 5.51. The molecule has 4 heteroatoms. The fraction of sp³-hybridized carbons (Fsp3) is 0.583. The van der Waals surface area contributed by atoms with E-state index in [1.165, 1.54) is 0 Å². The van der Waals surface area contributed by atoms with Gasteiger partial charge in [0.25, 0.3) is 0 Å². The summed E-state index contributed by atoms with van der Waals surface area (Å²) in [6, 6.07) is 4.22. The Morgan fingerprint density at radius 2 is 2.31 bits per heavy atom. The molecule has 0 aliphatic heterocycles. The van der Waals surface area contributed by atoms with Crippen LogP contribution in [0.1, 0.15) is 20.3 Å². The van der Waals surface area contributed by atoms with Crippen LogP contribution >= 0.6 is 0 Å². The second kappa shape index (κ2) is 3.94. The lowest BCUT2D eigenvalue weighted by Gasteiger charge is -2.51. The molecule has 1 aliphatic rings. The number of aromatic nitrogens is 1. The van der Waals surface area contributed by atoms with Gasteiger partial charge in [-0.25, -0.2) is 4.98 Å². The van der Waals surface area contributed by atoms with Gasteiger partial charge in [-0.1, -0.05) is 13.8 Å². The number of nitrogens with zero attached hydrogens (tertiary/aromatic N) is 1. The van der Waals surface area contributed by atoms with E-state index in [2.05, 4.69) is 24.1 Å². The van der Waals surface area contributed by atoms with Crippen LogP contribution in [-0.4, -0.2) is 24.2 Å². The molecule has 1 heterocycles. The molecule has 2 atom stereocenters. The number of pyridine rings is 1. The van der Waals surface area contributed by atoms with Gasteiger partial charge in [0.15, 0.2) is 0 Å². The van der Waals surface area contributed by atoms with Gasteiger partial charge in [-0.15, -0.1) is 0 Å². The Labute approximate surface area is 96.2 Å². The Bertz CT molecular complexity index is 378. The highest BCUT2D eigenvalue weighted by Crippen LogP contribution is 2.43. The molecule has 88 valence electrons. The number of hydrogen-bond donors (Lipinski definition) is 2. The van der Waals surface area contributed by atoms with E-state index in [1.54, 1.807) is 13.3 Å². The van der Waals surface area contributed by atoms with Crippen LogP contribution in [0.4, 0.5) is 11.5 Å². The van der Waals surface area contributed by atoms with Gasteiger partial charge in [0, 0.05) is 36.5 Å². The van der Waals surface area contributed by atoms with Gasteiger partial charge in [-0.05, 0) is 12.5 Å². The van der Waals surface area contributed by atoms with Crippen LogP contribution in [0.15, 0.2) is 18.3 Å². The van der Waals surface area contributed by atoms with E-state index in [1.807, 2.05) is 12.1 Å². The van der Waals surface area contributed by atoms with Crippen LogP contribution in [0.3, 0.4) is 0 Å². The molecule has 1 aromatic rings. The molecule has 0 radical (unpaired) electrons. The standard InChI is InChI=1S/C12H19N3O/c1-12(2)9(7-10(12)16-3)15-8-4-5-14-11(13)6-8/h4-6,9-10H,7H2,1-3H3,(H3,13,14,15). The lowest BCUT2D eigenvalue weighted by Crippen LogP contribution is -2.57. The summed E-state index contributed by atoms with van der Waals surface area (Å²) >= 11 is 0. The van der Waals surface area contributed by atoms with Crippen molar-refractivity contribution in [2.75, 3.05) is 18.2 Å². The van der Waals surface area contributed by atoms with Crippen LogP contribution in [0.2, 0.25) is 0 Å². The maximum Gasteiger partial charge on any atom is 0.125 e. The lowest BCUT2D eigenvalue weighted by atomic mass is 9.64. The molecule has 1 fully saturated rings. The summed E-state index contributed by atoms with van der Waals surface area (Å²) in [5.74, 6) is 0.547. The number of nitrogens with one attached hydrogen (secondary N) is 1. The number of hydrogen-bond acceptors (Lipinski definition) is 4. The molecular weight excluding hydrogens is 202 g/mol. The molecule has 0 aromatic carbocycles. The van der Waals surface area contributed by atoms with Crippen molar-refractivity contribution in [1.29, 1.82) is 0 Å². The van der Waals surface area contributed by atoms with Crippen LogP contribution < -0.4 is 11.1 Å². The first-order valence-corrected chi connectivity index (χ1v) is 5.55. The Balaban J connectivity index is 2.02. The summed E-state index contributed by atoms with van der Waals surface area (Å²) in [6.07, 6.45) is 3.09. The highest BCUT2D eigenvalue weighted by Gasteiger charge is 2.48. The van der Waals surface area contributed by atoms with Crippen molar-refractivity contribution in [1.82, 2.24) is 4.98 Å². The second-order valence-corrected chi connectivity index (χ2v) is 4.95. The van der Waals surface area contributed by atoms with Crippen LogP contribution in [-0.2, 0) is 4.74 Å². The molecule has 0 saturated heterocycles. The van der Waals surface area contributed by atoms with Crippen LogP contribution in [0.25, 0.3) is 0 Å². The molecule has 2 unspecified atom stereocenters. The van der Waals surface area contributed by atoms with Crippen molar-refractivity contribution in [3.05, 3.63) is 18.3 Å². The van der Waals surface area contributed by atoms with E-state index in [-0.39, 0.29) is 5.41 Å². The van der Waals surface area contributed by atoms with Crippen LogP contribution in [0.5, 0.6) is 0 Å². The predicted molar refractivity (Wildman–Crippen MR) is 65.3 cm³/mol. The van der Waals surface area contributed by atoms with E-state index in [0.29, 0.717) is 18.0 Å². The number of nitrogens with two attached hydrogens (primary N) is 1. The van der Waals surface area contributed by atoms with Gasteiger partial charge in [0.05, 0.1) is 6.10 Å². The summed E-state index contributed by atoms with van der Waals surface area (Å²) in [4.78, 5) is 3.97. The Hall–Kier alpha value is -1.29.